The third-order valence-electron chi connectivity index (χ3n) is 4.94. The maximum atomic E-state index is 12.7. The fraction of sp³-hybridized carbons (Fsp3) is 0.368. The van der Waals surface area contributed by atoms with Crippen molar-refractivity contribution < 1.29 is 19.1 Å². The molecule has 1 amide bonds. The predicted octanol–water partition coefficient (Wildman–Crippen LogP) is 3.10. The van der Waals surface area contributed by atoms with E-state index in [2.05, 4.69) is 0 Å². The van der Waals surface area contributed by atoms with Crippen LogP contribution in [0.15, 0.2) is 47.1 Å². The zero-order valence-corrected chi connectivity index (χ0v) is 13.7. The number of nitrogens with zero attached hydrogens (tertiary/aromatic N) is 1. The highest BCUT2D eigenvalue weighted by atomic mass is 16.4. The molecule has 1 aromatic heterocycles. The Kier molecular flexibility index (Phi) is 4.42. The lowest BCUT2D eigenvalue weighted by atomic mass is 9.72. The molecule has 1 saturated heterocycles. The first-order valence-corrected chi connectivity index (χ1v) is 8.23. The van der Waals surface area contributed by atoms with Crippen LogP contribution in [-0.4, -0.2) is 35.0 Å². The Morgan fingerprint density at radius 1 is 1.17 bits per heavy atom. The lowest BCUT2D eigenvalue weighted by Gasteiger charge is -2.39. The smallest absolute Gasteiger partial charge is 0.314 e. The molecule has 0 aliphatic carbocycles. The Bertz CT molecular complexity index is 727. The average Bonchev–Trinajstić information content (AvgIpc) is 3.10. The summed E-state index contributed by atoms with van der Waals surface area (Å²) in [4.78, 5) is 26.4. The highest BCUT2D eigenvalue weighted by Gasteiger charge is 2.44. The molecule has 0 bridgehead atoms. The summed E-state index contributed by atoms with van der Waals surface area (Å²) in [6, 6.07) is 11.0. The number of hydrogen-bond donors (Lipinski definition) is 1. The van der Waals surface area contributed by atoms with Crippen molar-refractivity contribution in [3.63, 3.8) is 0 Å². The molecule has 0 atom stereocenters. The van der Waals surface area contributed by atoms with Crippen molar-refractivity contribution in [2.45, 2.75) is 31.6 Å². The van der Waals surface area contributed by atoms with Crippen LogP contribution in [0.2, 0.25) is 0 Å². The van der Waals surface area contributed by atoms with Crippen LogP contribution in [0.1, 0.15) is 41.4 Å². The van der Waals surface area contributed by atoms with Crippen LogP contribution in [0, 0.1) is 0 Å². The number of piperidine rings is 1. The number of hydrogen-bond acceptors (Lipinski definition) is 3. The van der Waals surface area contributed by atoms with Gasteiger partial charge in [0, 0.05) is 19.5 Å². The molecule has 0 unspecified atom stereocenters. The second-order valence-electron chi connectivity index (χ2n) is 6.16. The number of carbonyl (C=O) groups excluding carboxylic acids is 1. The van der Waals surface area contributed by atoms with Gasteiger partial charge in [0.2, 0.25) is 0 Å². The second kappa shape index (κ2) is 6.51. The molecule has 1 aliphatic heterocycles. The number of amides is 1. The minimum Gasteiger partial charge on any atom is -0.481 e. The zero-order chi connectivity index (χ0) is 17.2. The number of furan rings is 1. The average molecular weight is 327 g/mol. The topological polar surface area (TPSA) is 70.8 Å². The van der Waals surface area contributed by atoms with E-state index in [1.165, 1.54) is 6.26 Å². The Morgan fingerprint density at radius 3 is 2.42 bits per heavy atom. The van der Waals surface area contributed by atoms with Gasteiger partial charge in [-0.05, 0) is 24.5 Å². The molecule has 0 radical (unpaired) electrons. The molecule has 5 heteroatoms. The molecule has 2 aromatic rings. The molecular weight excluding hydrogens is 306 g/mol. The minimum absolute atomic E-state index is 0.0762. The van der Waals surface area contributed by atoms with Gasteiger partial charge in [-0.25, -0.2) is 0 Å². The van der Waals surface area contributed by atoms with E-state index in [9.17, 15) is 14.7 Å². The van der Waals surface area contributed by atoms with Crippen LogP contribution in [0.4, 0.5) is 0 Å². The van der Waals surface area contributed by atoms with Crippen molar-refractivity contribution in [3.8, 4) is 0 Å². The summed E-state index contributed by atoms with van der Waals surface area (Å²) >= 11 is 0. The number of aryl methyl sites for hydroxylation is 1. The van der Waals surface area contributed by atoms with E-state index < -0.39 is 11.4 Å². The number of likely N-dealkylation sites (tertiary alicyclic amines) is 1. The normalized spacial score (nSPS) is 16.8. The summed E-state index contributed by atoms with van der Waals surface area (Å²) in [7, 11) is 0. The predicted molar refractivity (Wildman–Crippen MR) is 89.0 cm³/mol. The zero-order valence-electron chi connectivity index (χ0n) is 13.7. The van der Waals surface area contributed by atoms with E-state index in [0.717, 1.165) is 5.56 Å². The van der Waals surface area contributed by atoms with Gasteiger partial charge in [0.05, 0.1) is 17.2 Å². The monoisotopic (exact) mass is 327 g/mol. The number of rotatable bonds is 4. The van der Waals surface area contributed by atoms with Gasteiger partial charge in [0.15, 0.2) is 0 Å². The van der Waals surface area contributed by atoms with E-state index in [1.807, 2.05) is 37.3 Å². The van der Waals surface area contributed by atoms with Gasteiger partial charge in [-0.1, -0.05) is 37.3 Å². The summed E-state index contributed by atoms with van der Waals surface area (Å²) in [5, 5.41) is 9.81. The van der Waals surface area contributed by atoms with E-state index in [1.54, 1.807) is 11.0 Å². The highest BCUT2D eigenvalue weighted by Crippen LogP contribution is 2.36. The lowest BCUT2D eigenvalue weighted by Crippen LogP contribution is -2.49. The van der Waals surface area contributed by atoms with Gasteiger partial charge < -0.3 is 14.4 Å². The van der Waals surface area contributed by atoms with E-state index in [-0.39, 0.29) is 5.91 Å². The Hall–Kier alpha value is -2.56. The summed E-state index contributed by atoms with van der Waals surface area (Å²) in [5.74, 6) is -0.218. The molecule has 1 fully saturated rings. The summed E-state index contributed by atoms with van der Waals surface area (Å²) in [6.07, 6.45) is 3.02. The largest absolute Gasteiger partial charge is 0.481 e. The van der Waals surface area contributed by atoms with Gasteiger partial charge in [-0.15, -0.1) is 0 Å². The quantitative estimate of drug-likeness (QED) is 0.937. The number of benzene rings is 1. The molecule has 5 nitrogen and oxygen atoms in total. The molecule has 1 aromatic carbocycles. The third-order valence-corrected chi connectivity index (χ3v) is 4.94. The van der Waals surface area contributed by atoms with Gasteiger partial charge in [-0.2, -0.15) is 0 Å². The van der Waals surface area contributed by atoms with Gasteiger partial charge in [0.1, 0.15) is 5.76 Å². The summed E-state index contributed by atoms with van der Waals surface area (Å²) in [6.45, 7) is 2.79. The maximum absolute atomic E-state index is 12.7. The SMILES string of the molecule is CCc1occc1C(=O)N1CCC(C(=O)O)(c2ccccc2)CC1. The van der Waals surface area contributed by atoms with E-state index >= 15 is 0 Å². The molecule has 1 aliphatic rings. The fourth-order valence-electron chi connectivity index (χ4n) is 3.45. The van der Waals surface area contributed by atoms with Crippen molar-refractivity contribution in [2.75, 3.05) is 13.1 Å². The molecule has 0 saturated carbocycles. The number of aliphatic carboxylic acids is 1. The standard InChI is InChI=1S/C19H21NO4/c1-2-16-15(8-13-24-16)17(21)20-11-9-19(10-12-20,18(22)23)14-6-4-3-5-7-14/h3-8,13H,2,9-12H2,1H3,(H,22,23). The summed E-state index contributed by atoms with van der Waals surface area (Å²) in [5.41, 5.74) is 0.476. The van der Waals surface area contributed by atoms with Crippen LogP contribution in [0.5, 0.6) is 0 Å². The molecule has 1 N–H and O–H groups in total. The van der Waals surface area contributed by atoms with Crippen LogP contribution in [0.3, 0.4) is 0 Å². The molecular formula is C19H21NO4. The van der Waals surface area contributed by atoms with E-state index in [0.29, 0.717) is 43.7 Å². The van der Waals surface area contributed by atoms with Crippen molar-refractivity contribution in [1.82, 2.24) is 4.90 Å². The first-order valence-electron chi connectivity index (χ1n) is 8.23. The van der Waals surface area contributed by atoms with Crippen LogP contribution in [0.25, 0.3) is 0 Å². The van der Waals surface area contributed by atoms with E-state index in [4.69, 9.17) is 4.42 Å². The molecule has 24 heavy (non-hydrogen) atoms. The van der Waals surface area contributed by atoms with Crippen molar-refractivity contribution in [3.05, 3.63) is 59.5 Å². The highest BCUT2D eigenvalue weighted by molar-refractivity contribution is 5.95. The second-order valence-corrected chi connectivity index (χ2v) is 6.16. The van der Waals surface area contributed by atoms with Gasteiger partial charge in [0.25, 0.3) is 5.91 Å². The number of carbonyl (C=O) groups is 2. The minimum atomic E-state index is -0.915. The number of carboxylic acids is 1. The first-order chi connectivity index (χ1) is 11.6. The third kappa shape index (κ3) is 2.70. The van der Waals surface area contributed by atoms with Crippen LogP contribution < -0.4 is 0 Å². The lowest BCUT2D eigenvalue weighted by molar-refractivity contribution is -0.145. The maximum Gasteiger partial charge on any atom is 0.314 e. The molecule has 3 rings (SSSR count). The van der Waals surface area contributed by atoms with Crippen molar-refractivity contribution in [2.24, 2.45) is 0 Å². The molecule has 126 valence electrons. The number of carboxylic acid groups (broad SMARTS) is 1. The van der Waals surface area contributed by atoms with Crippen LogP contribution in [-0.2, 0) is 16.6 Å². The Morgan fingerprint density at radius 2 is 1.83 bits per heavy atom. The summed E-state index contributed by atoms with van der Waals surface area (Å²) < 4.78 is 5.33. The fourth-order valence-corrected chi connectivity index (χ4v) is 3.45. The Labute approximate surface area is 140 Å². The first kappa shape index (κ1) is 16.3. The van der Waals surface area contributed by atoms with Crippen molar-refractivity contribution in [1.29, 1.82) is 0 Å². The molecule has 0 spiro atoms. The van der Waals surface area contributed by atoms with Gasteiger partial charge in [-0.3, -0.25) is 9.59 Å². The van der Waals surface area contributed by atoms with Crippen molar-refractivity contribution >= 4 is 11.9 Å². The van der Waals surface area contributed by atoms with Crippen LogP contribution >= 0.6 is 0 Å². The molecule has 2 heterocycles. The Balaban J connectivity index is 1.79. The van der Waals surface area contributed by atoms with Gasteiger partial charge >= 0.3 is 5.97 Å².